The van der Waals surface area contributed by atoms with Crippen LogP contribution < -0.4 is 11.1 Å². The van der Waals surface area contributed by atoms with Crippen molar-refractivity contribution in [1.29, 1.82) is 5.26 Å². The van der Waals surface area contributed by atoms with Crippen LogP contribution in [0.25, 0.3) is 27.8 Å². The van der Waals surface area contributed by atoms with Gasteiger partial charge < -0.3 is 11.1 Å². The van der Waals surface area contributed by atoms with E-state index in [9.17, 15) is 14.4 Å². The topological polar surface area (TPSA) is 123 Å². The number of halogens is 1. The largest absolute Gasteiger partial charge is 0.382 e. The van der Waals surface area contributed by atoms with E-state index in [0.29, 0.717) is 42.0 Å². The molecule has 37 heavy (non-hydrogen) atoms. The molecule has 9 heteroatoms. The van der Waals surface area contributed by atoms with Gasteiger partial charge in [0.1, 0.15) is 23.3 Å². The third kappa shape index (κ3) is 4.86. The third-order valence-electron chi connectivity index (χ3n) is 5.97. The van der Waals surface area contributed by atoms with Gasteiger partial charge in [-0.15, -0.1) is 0 Å². The summed E-state index contributed by atoms with van der Waals surface area (Å²) in [6.45, 7) is 0.367. The number of nitrogens with two attached hydrogens (primary N) is 1. The van der Waals surface area contributed by atoms with Crippen LogP contribution in [0.15, 0.2) is 79.1 Å². The molecule has 182 valence electrons. The number of anilines is 1. The molecule has 3 aromatic heterocycles. The van der Waals surface area contributed by atoms with Crippen LogP contribution in [-0.4, -0.2) is 32.2 Å². The minimum Gasteiger partial charge on any atom is -0.382 e. The van der Waals surface area contributed by atoms with Gasteiger partial charge in [-0.1, -0.05) is 18.2 Å². The van der Waals surface area contributed by atoms with Gasteiger partial charge in [-0.05, 0) is 61.4 Å². The lowest BCUT2D eigenvalue weighted by Crippen LogP contribution is -2.25. The van der Waals surface area contributed by atoms with Crippen molar-refractivity contribution in [1.82, 2.24) is 25.1 Å². The number of rotatable bonds is 7. The number of para-hydroxylation sites is 1. The summed E-state index contributed by atoms with van der Waals surface area (Å²) in [5, 5.41) is 17.8. The van der Waals surface area contributed by atoms with Gasteiger partial charge in [0.25, 0.3) is 5.91 Å². The fourth-order valence-electron chi connectivity index (χ4n) is 4.13. The van der Waals surface area contributed by atoms with Crippen molar-refractivity contribution in [2.24, 2.45) is 0 Å². The first-order valence-electron chi connectivity index (χ1n) is 11.7. The molecule has 3 N–H and O–H groups in total. The Labute approximate surface area is 212 Å². The van der Waals surface area contributed by atoms with Gasteiger partial charge in [-0.2, -0.15) is 10.4 Å². The molecule has 0 saturated heterocycles. The number of nitrogens with one attached hydrogen (secondary N) is 1. The van der Waals surface area contributed by atoms with Crippen LogP contribution in [0, 0.1) is 17.1 Å². The van der Waals surface area contributed by atoms with Gasteiger partial charge in [0.05, 0.1) is 28.2 Å². The molecule has 0 atom stereocenters. The smallest absolute Gasteiger partial charge is 0.252 e. The molecule has 0 fully saturated rings. The quantitative estimate of drug-likeness (QED) is 0.325. The molecule has 3 heterocycles. The fraction of sp³-hybridized carbons (Fsp3) is 0.107. The molecule has 2 aromatic carbocycles. The number of nitrogen functional groups attached to an aromatic ring is 1. The van der Waals surface area contributed by atoms with E-state index >= 15 is 0 Å². The number of amides is 1. The number of benzene rings is 2. The van der Waals surface area contributed by atoms with E-state index in [0.717, 1.165) is 16.5 Å². The molecule has 0 aliphatic rings. The predicted molar refractivity (Wildman–Crippen MR) is 138 cm³/mol. The maximum Gasteiger partial charge on any atom is 0.252 e. The molecule has 0 radical (unpaired) electrons. The van der Waals surface area contributed by atoms with Crippen LogP contribution in [0.4, 0.5) is 10.2 Å². The first kappa shape index (κ1) is 23.6. The van der Waals surface area contributed by atoms with Crippen LogP contribution in [0.2, 0.25) is 0 Å². The molecule has 1 amide bonds. The van der Waals surface area contributed by atoms with Crippen LogP contribution in [-0.2, 0) is 6.42 Å². The second-order valence-corrected chi connectivity index (χ2v) is 8.38. The molecule has 0 saturated carbocycles. The Bertz CT molecular complexity index is 1620. The lowest BCUT2D eigenvalue weighted by atomic mass is 10.0. The summed E-state index contributed by atoms with van der Waals surface area (Å²) in [6.07, 6.45) is 4.37. The summed E-state index contributed by atoms with van der Waals surface area (Å²) in [6, 6.07) is 20.8. The first-order valence-corrected chi connectivity index (χ1v) is 11.7. The molecule has 0 aliphatic carbocycles. The Morgan fingerprint density at radius 3 is 2.68 bits per heavy atom. The predicted octanol–water partition coefficient (Wildman–Crippen LogP) is 4.44. The number of pyridine rings is 2. The fourth-order valence-corrected chi connectivity index (χ4v) is 4.13. The summed E-state index contributed by atoms with van der Waals surface area (Å²) in [4.78, 5) is 22.0. The summed E-state index contributed by atoms with van der Waals surface area (Å²) < 4.78 is 14.7. The van der Waals surface area contributed by atoms with Crippen molar-refractivity contribution in [3.05, 3.63) is 102 Å². The van der Waals surface area contributed by atoms with E-state index in [1.807, 2.05) is 36.4 Å². The molecule has 0 spiro atoms. The monoisotopic (exact) mass is 491 g/mol. The average Bonchev–Trinajstić information content (AvgIpc) is 3.26. The Morgan fingerprint density at radius 2 is 1.92 bits per heavy atom. The van der Waals surface area contributed by atoms with Gasteiger partial charge >= 0.3 is 0 Å². The lowest BCUT2D eigenvalue weighted by Gasteiger charge is -2.10. The summed E-state index contributed by atoms with van der Waals surface area (Å²) in [7, 11) is 0. The Morgan fingerprint density at radius 1 is 1.11 bits per heavy atom. The zero-order chi connectivity index (χ0) is 25.8. The number of carbonyl (C=O) groups excluding carboxylic acids is 1. The number of aromatic nitrogens is 4. The van der Waals surface area contributed by atoms with Gasteiger partial charge in [-0.25, -0.2) is 14.1 Å². The maximum atomic E-state index is 13.3. The Kier molecular flexibility index (Phi) is 6.55. The van der Waals surface area contributed by atoms with Crippen LogP contribution in [0.1, 0.15) is 28.0 Å². The highest BCUT2D eigenvalue weighted by Crippen LogP contribution is 2.25. The molecule has 0 bridgehead atoms. The van der Waals surface area contributed by atoms with Crippen molar-refractivity contribution < 1.29 is 9.18 Å². The number of fused-ring (bicyclic) bond motifs is 1. The van der Waals surface area contributed by atoms with Crippen LogP contribution in [0.3, 0.4) is 0 Å². The van der Waals surface area contributed by atoms with E-state index in [-0.39, 0.29) is 23.1 Å². The molecular weight excluding hydrogens is 469 g/mol. The minimum atomic E-state index is -0.375. The first-order chi connectivity index (χ1) is 18.0. The zero-order valence-electron chi connectivity index (χ0n) is 19.7. The number of nitriles is 1. The highest BCUT2D eigenvalue weighted by Gasteiger charge is 2.17. The second kappa shape index (κ2) is 10.3. The van der Waals surface area contributed by atoms with E-state index in [1.54, 1.807) is 30.6 Å². The van der Waals surface area contributed by atoms with Gasteiger partial charge in [0.2, 0.25) is 0 Å². The number of aryl methyl sites for hydroxylation is 1. The van der Waals surface area contributed by atoms with Crippen molar-refractivity contribution in [2.75, 3.05) is 12.3 Å². The van der Waals surface area contributed by atoms with Crippen LogP contribution in [0.5, 0.6) is 0 Å². The standard InChI is InChI=1S/C28H22FN7O/c29-19-9-11-20(12-10-19)36-27(31)23(16-30)25(35-36)8-4-14-33-28(37)22-15-26(18-5-3-13-32-17-18)34-24-7-2-1-6-21(22)24/h1-3,5-7,9-13,15,17H,4,8,14,31H2,(H,33,37). The van der Waals surface area contributed by atoms with Crippen LogP contribution >= 0.6 is 0 Å². The van der Waals surface area contributed by atoms with Crippen molar-refractivity contribution in [3.8, 4) is 23.0 Å². The SMILES string of the molecule is N#Cc1c(CCCNC(=O)c2cc(-c3cccnc3)nc3ccccc23)nn(-c2ccc(F)cc2)c1N. The lowest BCUT2D eigenvalue weighted by molar-refractivity contribution is 0.0955. The molecule has 5 aromatic rings. The molecular formula is C28H22FN7O. The van der Waals surface area contributed by atoms with E-state index in [1.165, 1.54) is 16.8 Å². The van der Waals surface area contributed by atoms with Gasteiger partial charge in [0, 0.05) is 29.9 Å². The molecule has 8 nitrogen and oxygen atoms in total. The van der Waals surface area contributed by atoms with Gasteiger partial charge in [0.15, 0.2) is 0 Å². The van der Waals surface area contributed by atoms with Crippen molar-refractivity contribution >= 4 is 22.6 Å². The average molecular weight is 492 g/mol. The highest BCUT2D eigenvalue weighted by molar-refractivity contribution is 6.07. The summed E-state index contributed by atoms with van der Waals surface area (Å²) in [5.41, 5.74) is 10.2. The minimum absolute atomic E-state index is 0.194. The number of hydrogen-bond donors (Lipinski definition) is 2. The number of nitrogens with zero attached hydrogens (tertiary/aromatic N) is 5. The highest BCUT2D eigenvalue weighted by atomic mass is 19.1. The zero-order valence-corrected chi connectivity index (χ0v) is 19.7. The molecule has 0 unspecified atom stereocenters. The molecule has 5 rings (SSSR count). The normalized spacial score (nSPS) is 10.8. The Balaban J connectivity index is 1.31. The molecule has 0 aliphatic heterocycles. The second-order valence-electron chi connectivity index (χ2n) is 8.38. The van der Waals surface area contributed by atoms with E-state index in [2.05, 4.69) is 21.5 Å². The summed E-state index contributed by atoms with van der Waals surface area (Å²) in [5.74, 6) is -0.402. The van der Waals surface area contributed by atoms with Crippen molar-refractivity contribution in [2.45, 2.75) is 12.8 Å². The maximum absolute atomic E-state index is 13.3. The van der Waals surface area contributed by atoms with E-state index < -0.39 is 0 Å². The van der Waals surface area contributed by atoms with Gasteiger partial charge in [-0.3, -0.25) is 9.78 Å². The summed E-state index contributed by atoms with van der Waals surface area (Å²) >= 11 is 0. The Hall–Kier alpha value is -5.10. The van der Waals surface area contributed by atoms with Crippen molar-refractivity contribution in [3.63, 3.8) is 0 Å². The number of hydrogen-bond acceptors (Lipinski definition) is 6. The number of carbonyl (C=O) groups is 1. The third-order valence-corrected chi connectivity index (χ3v) is 5.97. The van der Waals surface area contributed by atoms with E-state index in [4.69, 9.17) is 10.7 Å².